The number of sulfone groups is 1. The summed E-state index contributed by atoms with van der Waals surface area (Å²) in [6, 6.07) is 15.2. The van der Waals surface area contributed by atoms with E-state index in [9.17, 15) is 18.1 Å². The van der Waals surface area contributed by atoms with Crippen LogP contribution in [0.15, 0.2) is 59.5 Å². The molecule has 2 aromatic carbocycles. The smallest absolute Gasteiger partial charge is 0.184 e. The second-order valence-electron chi connectivity index (χ2n) is 5.35. The molecule has 0 saturated heterocycles. The van der Waals surface area contributed by atoms with Crippen LogP contribution in [0.2, 0.25) is 0 Å². The molecule has 1 saturated carbocycles. The largest absolute Gasteiger partial charge is 0.312 e. The van der Waals surface area contributed by atoms with E-state index in [2.05, 4.69) is 0 Å². The molecule has 2 N–H and O–H groups in total. The van der Waals surface area contributed by atoms with Crippen LogP contribution >= 0.6 is 0 Å². The number of rotatable bonds is 3. The molecule has 1 aliphatic carbocycles. The van der Waals surface area contributed by atoms with Gasteiger partial charge in [-0.15, -0.1) is 0 Å². The van der Waals surface area contributed by atoms with E-state index in [1.54, 1.807) is 18.2 Å². The summed E-state index contributed by atoms with van der Waals surface area (Å²) >= 11 is 0. The first-order chi connectivity index (χ1) is 10.4. The minimum absolute atomic E-state index is 0.134. The summed E-state index contributed by atoms with van der Waals surface area (Å²) in [5.41, 5.74) is 5.05. The lowest BCUT2D eigenvalue weighted by atomic mass is 10.1. The minimum atomic E-state index is -3.73. The van der Waals surface area contributed by atoms with Gasteiger partial charge in [-0.1, -0.05) is 30.3 Å². The quantitative estimate of drug-likeness (QED) is 0.938. The van der Waals surface area contributed by atoms with Crippen molar-refractivity contribution >= 4 is 9.84 Å². The SMILES string of the molecule is N#CC1(N)C(c2ccc(F)cc2)C1S(=O)(=O)c1ccccc1. The van der Waals surface area contributed by atoms with Gasteiger partial charge in [0, 0.05) is 5.92 Å². The average molecular weight is 316 g/mol. The van der Waals surface area contributed by atoms with E-state index in [1.165, 1.54) is 36.4 Å². The standard InChI is InChI=1S/C16H13FN2O2S/c17-12-8-6-11(7-9-12)14-15(16(14,19)10-18)22(20,21)13-4-2-1-3-5-13/h1-9,14-15H,19H2. The molecule has 1 fully saturated rings. The van der Waals surface area contributed by atoms with Crippen molar-refractivity contribution in [3.05, 3.63) is 66.0 Å². The molecule has 0 radical (unpaired) electrons. The van der Waals surface area contributed by atoms with Crippen LogP contribution < -0.4 is 5.73 Å². The Morgan fingerprint density at radius 1 is 1.09 bits per heavy atom. The van der Waals surface area contributed by atoms with Gasteiger partial charge in [0.2, 0.25) is 0 Å². The van der Waals surface area contributed by atoms with Crippen molar-refractivity contribution in [1.82, 2.24) is 0 Å². The van der Waals surface area contributed by atoms with Crippen LogP contribution in [0.3, 0.4) is 0 Å². The summed E-state index contributed by atoms with van der Waals surface area (Å²) in [6.07, 6.45) is 0. The molecule has 3 rings (SSSR count). The van der Waals surface area contributed by atoms with Crippen molar-refractivity contribution in [2.75, 3.05) is 0 Å². The van der Waals surface area contributed by atoms with Gasteiger partial charge in [-0.2, -0.15) is 5.26 Å². The van der Waals surface area contributed by atoms with Gasteiger partial charge in [0.05, 0.1) is 11.0 Å². The number of nitriles is 1. The molecular weight excluding hydrogens is 303 g/mol. The number of nitrogens with two attached hydrogens (primary N) is 1. The summed E-state index contributed by atoms with van der Waals surface area (Å²) < 4.78 is 38.5. The van der Waals surface area contributed by atoms with Crippen LogP contribution in [0.1, 0.15) is 11.5 Å². The second kappa shape index (κ2) is 4.90. The molecule has 22 heavy (non-hydrogen) atoms. The van der Waals surface area contributed by atoms with Crippen LogP contribution in [0.4, 0.5) is 4.39 Å². The third-order valence-electron chi connectivity index (χ3n) is 4.01. The molecule has 0 aromatic heterocycles. The molecule has 0 bridgehead atoms. The van der Waals surface area contributed by atoms with E-state index in [0.717, 1.165) is 0 Å². The van der Waals surface area contributed by atoms with Crippen molar-refractivity contribution in [1.29, 1.82) is 5.26 Å². The molecule has 3 atom stereocenters. The lowest BCUT2D eigenvalue weighted by Gasteiger charge is -2.04. The van der Waals surface area contributed by atoms with Gasteiger partial charge in [0.15, 0.2) is 9.84 Å². The number of benzene rings is 2. The summed E-state index contributed by atoms with van der Waals surface area (Å²) in [7, 11) is -3.73. The Labute approximate surface area is 127 Å². The lowest BCUT2D eigenvalue weighted by molar-refractivity contribution is 0.592. The van der Waals surface area contributed by atoms with E-state index in [4.69, 9.17) is 5.73 Å². The molecule has 0 amide bonds. The molecule has 3 unspecified atom stereocenters. The zero-order chi connectivity index (χ0) is 16.0. The second-order valence-corrected chi connectivity index (χ2v) is 7.42. The summed E-state index contributed by atoms with van der Waals surface area (Å²) in [5.74, 6) is -1.09. The molecule has 6 heteroatoms. The minimum Gasteiger partial charge on any atom is -0.312 e. The molecule has 0 heterocycles. The highest BCUT2D eigenvalue weighted by molar-refractivity contribution is 7.92. The van der Waals surface area contributed by atoms with E-state index >= 15 is 0 Å². The summed E-state index contributed by atoms with van der Waals surface area (Å²) in [6.45, 7) is 0. The molecule has 112 valence electrons. The maximum absolute atomic E-state index is 13.0. The van der Waals surface area contributed by atoms with Gasteiger partial charge in [-0.05, 0) is 29.8 Å². The molecular formula is C16H13FN2O2S. The number of halogens is 1. The van der Waals surface area contributed by atoms with Gasteiger partial charge in [-0.25, -0.2) is 12.8 Å². The van der Waals surface area contributed by atoms with E-state index in [-0.39, 0.29) is 4.90 Å². The van der Waals surface area contributed by atoms with Crippen LogP contribution in [0.25, 0.3) is 0 Å². The fourth-order valence-corrected chi connectivity index (χ4v) is 5.03. The average Bonchev–Trinajstić information content (AvgIpc) is 3.17. The predicted molar refractivity (Wildman–Crippen MR) is 79.1 cm³/mol. The Hall–Kier alpha value is -2.23. The third kappa shape index (κ3) is 2.10. The summed E-state index contributed by atoms with van der Waals surface area (Å²) in [4.78, 5) is 0.134. The summed E-state index contributed by atoms with van der Waals surface area (Å²) in [5, 5.41) is 8.29. The molecule has 0 aliphatic heterocycles. The fourth-order valence-electron chi connectivity index (χ4n) is 2.82. The van der Waals surface area contributed by atoms with Crippen molar-refractivity contribution in [3.8, 4) is 6.07 Å². The van der Waals surface area contributed by atoms with E-state index in [0.29, 0.717) is 5.56 Å². The molecule has 1 aliphatic rings. The first kappa shape index (κ1) is 14.7. The number of nitrogens with zero attached hydrogens (tertiary/aromatic N) is 1. The first-order valence-corrected chi connectivity index (χ1v) is 8.20. The van der Waals surface area contributed by atoms with Crippen molar-refractivity contribution < 1.29 is 12.8 Å². The number of hydrogen-bond acceptors (Lipinski definition) is 4. The first-order valence-electron chi connectivity index (χ1n) is 6.66. The predicted octanol–water partition coefficient (Wildman–Crippen LogP) is 1.99. The van der Waals surface area contributed by atoms with Crippen molar-refractivity contribution in [2.45, 2.75) is 21.6 Å². The topological polar surface area (TPSA) is 83.9 Å². The lowest BCUT2D eigenvalue weighted by Crippen LogP contribution is -2.29. The zero-order valence-corrected chi connectivity index (χ0v) is 12.3. The molecule has 4 nitrogen and oxygen atoms in total. The Morgan fingerprint density at radius 3 is 2.23 bits per heavy atom. The van der Waals surface area contributed by atoms with Crippen molar-refractivity contribution in [2.24, 2.45) is 5.73 Å². The Bertz CT molecular complexity index is 844. The Morgan fingerprint density at radius 2 is 1.68 bits per heavy atom. The molecule has 2 aromatic rings. The fraction of sp³-hybridized carbons (Fsp3) is 0.188. The highest BCUT2D eigenvalue weighted by atomic mass is 32.2. The van der Waals surface area contributed by atoms with Crippen LogP contribution in [0, 0.1) is 17.1 Å². The van der Waals surface area contributed by atoms with Gasteiger partial charge < -0.3 is 5.73 Å². The van der Waals surface area contributed by atoms with E-state index in [1.807, 2.05) is 6.07 Å². The van der Waals surface area contributed by atoms with Crippen LogP contribution in [0.5, 0.6) is 0 Å². The van der Waals surface area contributed by atoms with E-state index < -0.39 is 32.4 Å². The normalized spacial score (nSPS) is 27.1. The Balaban J connectivity index is 2.04. The maximum Gasteiger partial charge on any atom is 0.184 e. The van der Waals surface area contributed by atoms with Crippen LogP contribution in [-0.4, -0.2) is 19.2 Å². The highest BCUT2D eigenvalue weighted by Gasteiger charge is 2.70. The van der Waals surface area contributed by atoms with Crippen molar-refractivity contribution in [3.63, 3.8) is 0 Å². The van der Waals surface area contributed by atoms with Gasteiger partial charge >= 0.3 is 0 Å². The Kier molecular flexibility index (Phi) is 3.28. The van der Waals surface area contributed by atoms with Crippen LogP contribution in [-0.2, 0) is 9.84 Å². The van der Waals surface area contributed by atoms with Gasteiger partial charge in [-0.3, -0.25) is 0 Å². The highest BCUT2D eigenvalue weighted by Crippen LogP contribution is 2.55. The van der Waals surface area contributed by atoms with Gasteiger partial charge in [0.25, 0.3) is 0 Å². The monoisotopic (exact) mass is 316 g/mol. The molecule has 0 spiro atoms. The third-order valence-corrected chi connectivity index (χ3v) is 6.27. The maximum atomic E-state index is 13.0. The van der Waals surface area contributed by atoms with Gasteiger partial charge in [0.1, 0.15) is 16.6 Å². The number of hydrogen-bond donors (Lipinski definition) is 1. The zero-order valence-electron chi connectivity index (χ0n) is 11.5.